The number of hydrogen-bond donors (Lipinski definition) is 2. The lowest BCUT2D eigenvalue weighted by Crippen LogP contribution is -2.42. The Morgan fingerprint density at radius 1 is 1.00 bits per heavy atom. The fourth-order valence-corrected chi connectivity index (χ4v) is 4.57. The van der Waals surface area contributed by atoms with E-state index in [9.17, 15) is 14.7 Å². The molecule has 0 fully saturated rings. The highest BCUT2D eigenvalue weighted by molar-refractivity contribution is 6.30. The molecule has 0 radical (unpaired) electrons. The minimum absolute atomic E-state index is 0.314. The van der Waals surface area contributed by atoms with Gasteiger partial charge < -0.3 is 15.0 Å². The maximum Gasteiger partial charge on any atom is 0.264 e. The number of anilines is 1. The van der Waals surface area contributed by atoms with Gasteiger partial charge in [0.05, 0.1) is 12.1 Å². The number of Topliss-reactive ketones (excluding diaryl/α,β-unsaturated/α-hetero) is 1. The van der Waals surface area contributed by atoms with Crippen LogP contribution in [-0.4, -0.2) is 28.3 Å². The fraction of sp³-hybridized carbons (Fsp3) is 0.154. The van der Waals surface area contributed by atoms with Gasteiger partial charge >= 0.3 is 0 Å². The molecule has 3 aromatic carbocycles. The highest BCUT2D eigenvalue weighted by Crippen LogP contribution is 2.43. The van der Waals surface area contributed by atoms with Crippen LogP contribution in [0.3, 0.4) is 0 Å². The van der Waals surface area contributed by atoms with E-state index in [-0.39, 0.29) is 12.2 Å². The zero-order chi connectivity index (χ0) is 22.3. The first-order chi connectivity index (χ1) is 15.5. The maximum atomic E-state index is 13.4. The highest BCUT2D eigenvalue weighted by Gasteiger charge is 2.50. The number of halogens is 1. The predicted octanol–water partition coefficient (Wildman–Crippen LogP) is 4.87. The van der Waals surface area contributed by atoms with Crippen molar-refractivity contribution < 1.29 is 14.7 Å². The first-order valence-electron chi connectivity index (χ1n) is 10.4. The van der Waals surface area contributed by atoms with Gasteiger partial charge in [0.25, 0.3) is 5.91 Å². The Morgan fingerprint density at radius 3 is 2.53 bits per heavy atom. The lowest BCUT2D eigenvalue weighted by molar-refractivity contribution is -0.135. The van der Waals surface area contributed by atoms with Crippen molar-refractivity contribution in [2.75, 3.05) is 11.4 Å². The number of nitrogens with zero attached hydrogens (tertiary/aromatic N) is 1. The second-order valence-corrected chi connectivity index (χ2v) is 8.49. The maximum absolute atomic E-state index is 13.4. The van der Waals surface area contributed by atoms with Crippen molar-refractivity contribution in [3.05, 3.63) is 101 Å². The number of amides is 1. The van der Waals surface area contributed by atoms with Crippen LogP contribution in [0, 0.1) is 0 Å². The molecule has 0 aliphatic carbocycles. The summed E-state index contributed by atoms with van der Waals surface area (Å²) in [7, 11) is 0. The van der Waals surface area contributed by atoms with Crippen LogP contribution in [-0.2, 0) is 16.8 Å². The number of nitrogens with one attached hydrogen (secondary N) is 1. The van der Waals surface area contributed by atoms with Gasteiger partial charge in [-0.05, 0) is 48.4 Å². The van der Waals surface area contributed by atoms with Crippen LogP contribution in [0.4, 0.5) is 5.69 Å². The van der Waals surface area contributed by atoms with Crippen molar-refractivity contribution >= 4 is 39.9 Å². The molecular weight excluding hydrogens is 424 g/mol. The lowest BCUT2D eigenvalue weighted by Gasteiger charge is -2.23. The molecule has 0 saturated heterocycles. The van der Waals surface area contributed by atoms with E-state index < -0.39 is 11.5 Å². The average Bonchev–Trinajstić information content (AvgIpc) is 3.30. The Kier molecular flexibility index (Phi) is 5.08. The molecule has 1 amide bonds. The van der Waals surface area contributed by atoms with Crippen molar-refractivity contribution in [3.63, 3.8) is 0 Å². The molecule has 6 heteroatoms. The molecule has 160 valence electrons. The summed E-state index contributed by atoms with van der Waals surface area (Å²) in [6, 6.07) is 21.6. The van der Waals surface area contributed by atoms with E-state index in [0.717, 1.165) is 16.5 Å². The van der Waals surface area contributed by atoms with Crippen LogP contribution < -0.4 is 4.90 Å². The summed E-state index contributed by atoms with van der Waals surface area (Å²) in [4.78, 5) is 31.2. The molecule has 0 bridgehead atoms. The van der Waals surface area contributed by atoms with Crippen LogP contribution in [0.25, 0.3) is 10.9 Å². The second-order valence-electron chi connectivity index (χ2n) is 8.05. The molecule has 5 rings (SSSR count). The van der Waals surface area contributed by atoms with Crippen LogP contribution in [0.1, 0.15) is 27.9 Å². The number of aliphatic hydroxyl groups is 1. The Balaban J connectivity index is 1.42. The molecule has 2 N–H and O–H groups in total. The zero-order valence-electron chi connectivity index (χ0n) is 17.2. The Morgan fingerprint density at radius 2 is 1.72 bits per heavy atom. The summed E-state index contributed by atoms with van der Waals surface area (Å²) in [6.07, 6.45) is 2.24. The minimum Gasteiger partial charge on any atom is -0.375 e. The lowest BCUT2D eigenvalue weighted by atomic mass is 9.88. The van der Waals surface area contributed by atoms with Crippen molar-refractivity contribution in [2.24, 2.45) is 0 Å². The van der Waals surface area contributed by atoms with Gasteiger partial charge in [-0.25, -0.2) is 0 Å². The Labute approximate surface area is 190 Å². The molecule has 0 saturated carbocycles. The number of rotatable bonds is 6. The van der Waals surface area contributed by atoms with Gasteiger partial charge in [0.2, 0.25) is 0 Å². The molecule has 0 spiro atoms. The van der Waals surface area contributed by atoms with E-state index in [0.29, 0.717) is 34.8 Å². The molecule has 1 aromatic heterocycles. The standard InChI is InChI=1S/C26H21ClN2O3/c27-19-11-9-17(10-12-19)24(30)15-26(32)21-6-2-4-8-23(21)29(25(26)31)14-13-18-16-28-22-7-3-1-5-20(18)22/h1-12,16,28,32H,13-15H2. The summed E-state index contributed by atoms with van der Waals surface area (Å²) in [6.45, 7) is 0.398. The topological polar surface area (TPSA) is 73.4 Å². The number of H-pyrrole nitrogens is 1. The number of hydrogen-bond acceptors (Lipinski definition) is 3. The zero-order valence-corrected chi connectivity index (χ0v) is 18.0. The van der Waals surface area contributed by atoms with E-state index in [1.165, 1.54) is 0 Å². The summed E-state index contributed by atoms with van der Waals surface area (Å²) in [5.74, 6) is -0.786. The number of aromatic nitrogens is 1. The molecule has 1 unspecified atom stereocenters. The number of fused-ring (bicyclic) bond motifs is 2. The summed E-state index contributed by atoms with van der Waals surface area (Å²) >= 11 is 5.91. The Hall–Kier alpha value is -3.41. The summed E-state index contributed by atoms with van der Waals surface area (Å²) in [5, 5.41) is 13.1. The van der Waals surface area contributed by atoms with Gasteiger partial charge in [-0.2, -0.15) is 0 Å². The first kappa shape index (κ1) is 20.5. The largest absolute Gasteiger partial charge is 0.375 e. The molecule has 1 aliphatic heterocycles. The van der Waals surface area contributed by atoms with E-state index in [1.807, 2.05) is 42.6 Å². The van der Waals surface area contributed by atoms with E-state index in [1.54, 1.807) is 41.3 Å². The Bertz CT molecular complexity index is 1330. The van der Waals surface area contributed by atoms with Crippen LogP contribution in [0.2, 0.25) is 5.02 Å². The normalized spacial score (nSPS) is 17.7. The average molecular weight is 445 g/mol. The monoisotopic (exact) mass is 444 g/mol. The summed E-state index contributed by atoms with van der Waals surface area (Å²) in [5.41, 5.74) is 1.76. The third kappa shape index (κ3) is 3.40. The quantitative estimate of drug-likeness (QED) is 0.416. The summed E-state index contributed by atoms with van der Waals surface area (Å²) < 4.78 is 0. The van der Waals surface area contributed by atoms with Crippen LogP contribution in [0.15, 0.2) is 79.0 Å². The molecule has 32 heavy (non-hydrogen) atoms. The molecule has 1 atom stereocenters. The molecule has 1 aliphatic rings. The second kappa shape index (κ2) is 7.93. The predicted molar refractivity (Wildman–Crippen MR) is 125 cm³/mol. The number of carbonyl (C=O) groups excluding carboxylic acids is 2. The number of ketones is 1. The van der Waals surface area contributed by atoms with Crippen molar-refractivity contribution in [1.29, 1.82) is 0 Å². The van der Waals surface area contributed by atoms with Gasteiger partial charge in [0, 0.05) is 39.8 Å². The van der Waals surface area contributed by atoms with Gasteiger partial charge in [0.1, 0.15) is 0 Å². The molecular formula is C26H21ClN2O3. The molecule has 5 nitrogen and oxygen atoms in total. The van der Waals surface area contributed by atoms with Gasteiger partial charge in [0.15, 0.2) is 11.4 Å². The molecule has 2 heterocycles. The van der Waals surface area contributed by atoms with E-state index in [4.69, 9.17) is 11.6 Å². The van der Waals surface area contributed by atoms with Gasteiger partial charge in [-0.1, -0.05) is 48.0 Å². The number of aromatic amines is 1. The van der Waals surface area contributed by atoms with E-state index in [2.05, 4.69) is 4.98 Å². The first-order valence-corrected chi connectivity index (χ1v) is 10.8. The molecule has 4 aromatic rings. The van der Waals surface area contributed by atoms with Crippen molar-refractivity contribution in [2.45, 2.75) is 18.4 Å². The van der Waals surface area contributed by atoms with Gasteiger partial charge in [-0.15, -0.1) is 0 Å². The highest BCUT2D eigenvalue weighted by atomic mass is 35.5. The van der Waals surface area contributed by atoms with E-state index >= 15 is 0 Å². The van der Waals surface area contributed by atoms with Crippen molar-refractivity contribution in [3.8, 4) is 0 Å². The third-order valence-corrected chi connectivity index (χ3v) is 6.35. The van der Waals surface area contributed by atoms with Gasteiger partial charge in [-0.3, -0.25) is 9.59 Å². The number of carbonyl (C=O) groups is 2. The number of para-hydroxylation sites is 2. The fourth-order valence-electron chi connectivity index (χ4n) is 4.44. The third-order valence-electron chi connectivity index (χ3n) is 6.10. The number of benzene rings is 3. The SMILES string of the molecule is O=C(CC1(O)C(=O)N(CCc2c[nH]c3ccccc23)c2ccccc21)c1ccc(Cl)cc1. The van der Waals surface area contributed by atoms with Crippen molar-refractivity contribution in [1.82, 2.24) is 4.98 Å². The smallest absolute Gasteiger partial charge is 0.264 e. The van der Waals surface area contributed by atoms with Crippen LogP contribution >= 0.6 is 11.6 Å². The minimum atomic E-state index is -1.90. The van der Waals surface area contributed by atoms with Crippen LogP contribution in [0.5, 0.6) is 0 Å².